The smallest absolute Gasteiger partial charge is 0.294 e. The van der Waals surface area contributed by atoms with Gasteiger partial charge in [0, 0.05) is 22.7 Å². The lowest BCUT2D eigenvalue weighted by Crippen LogP contribution is -2.31. The second-order valence-corrected chi connectivity index (χ2v) is 8.33. The summed E-state index contributed by atoms with van der Waals surface area (Å²) in [6, 6.07) is 21.2. The number of ether oxygens (including phenoxy) is 1. The average molecular weight is 462 g/mol. The van der Waals surface area contributed by atoms with Crippen molar-refractivity contribution in [2.75, 3.05) is 12.0 Å². The Bertz CT molecular complexity index is 1240. The highest BCUT2D eigenvalue weighted by atomic mass is 35.5. The Balaban J connectivity index is 1.78. The van der Waals surface area contributed by atoms with Crippen LogP contribution >= 0.6 is 11.6 Å². The number of ketones is 1. The number of aliphatic hydroxyl groups is 1. The van der Waals surface area contributed by atoms with Gasteiger partial charge in [-0.05, 0) is 42.7 Å². The van der Waals surface area contributed by atoms with Crippen LogP contribution in [0.3, 0.4) is 0 Å². The molecule has 4 rings (SSSR count). The van der Waals surface area contributed by atoms with Crippen molar-refractivity contribution in [2.24, 2.45) is 0 Å². The predicted octanol–water partition coefficient (Wildman–Crippen LogP) is 5.76. The van der Waals surface area contributed by atoms with Crippen LogP contribution in [0.25, 0.3) is 0 Å². The van der Waals surface area contributed by atoms with Gasteiger partial charge in [-0.15, -0.1) is 0 Å². The van der Waals surface area contributed by atoms with Crippen molar-refractivity contribution in [1.82, 2.24) is 0 Å². The monoisotopic (exact) mass is 461 g/mol. The van der Waals surface area contributed by atoms with Gasteiger partial charge in [0.15, 0.2) is 11.5 Å². The van der Waals surface area contributed by atoms with E-state index in [4.69, 9.17) is 16.3 Å². The Morgan fingerprint density at radius 1 is 1.06 bits per heavy atom. The number of hydrogen-bond donors (Lipinski definition) is 1. The first-order valence-corrected chi connectivity index (χ1v) is 11.0. The molecule has 0 bridgehead atoms. The van der Waals surface area contributed by atoms with Crippen molar-refractivity contribution < 1.29 is 19.4 Å². The summed E-state index contributed by atoms with van der Waals surface area (Å²) in [6.45, 7) is 1.86. The third-order valence-electron chi connectivity index (χ3n) is 5.86. The zero-order valence-electron chi connectivity index (χ0n) is 18.4. The highest BCUT2D eigenvalue weighted by molar-refractivity contribution is 6.31. The summed E-state index contributed by atoms with van der Waals surface area (Å²) in [5, 5.41) is 11.4. The fourth-order valence-electron chi connectivity index (χ4n) is 4.11. The molecule has 0 fully saturated rings. The van der Waals surface area contributed by atoms with Crippen LogP contribution in [0, 0.1) is 6.92 Å². The number of hydrogen-bond acceptors (Lipinski definition) is 4. The molecule has 1 heterocycles. The van der Waals surface area contributed by atoms with Gasteiger partial charge in [-0.2, -0.15) is 0 Å². The number of anilines is 1. The van der Waals surface area contributed by atoms with E-state index >= 15 is 0 Å². The van der Waals surface area contributed by atoms with Crippen LogP contribution in [0.2, 0.25) is 5.02 Å². The molecule has 1 N–H and O–H groups in total. The van der Waals surface area contributed by atoms with Gasteiger partial charge in [-0.3, -0.25) is 14.5 Å². The molecule has 168 valence electrons. The third kappa shape index (κ3) is 4.37. The second-order valence-electron chi connectivity index (χ2n) is 7.92. The zero-order valence-corrected chi connectivity index (χ0v) is 19.2. The van der Waals surface area contributed by atoms with Crippen molar-refractivity contribution in [1.29, 1.82) is 0 Å². The van der Waals surface area contributed by atoms with Gasteiger partial charge < -0.3 is 9.84 Å². The number of methoxy groups -OCH3 is 1. The third-order valence-corrected chi connectivity index (χ3v) is 6.27. The lowest BCUT2D eigenvalue weighted by atomic mass is 9.92. The first kappa shape index (κ1) is 22.6. The Labute approximate surface area is 197 Å². The van der Waals surface area contributed by atoms with Crippen molar-refractivity contribution in [3.63, 3.8) is 0 Å². The van der Waals surface area contributed by atoms with Gasteiger partial charge in [0.1, 0.15) is 5.75 Å². The van der Waals surface area contributed by atoms with Crippen LogP contribution in [-0.2, 0) is 16.0 Å². The SMILES string of the molecule is COc1ccccc1C1C(C(=O)CCc2ccccc2)=C(O)C(=O)N1c1ccc(C)c(Cl)c1. The molecule has 0 aliphatic carbocycles. The summed E-state index contributed by atoms with van der Waals surface area (Å²) in [5.74, 6) is -0.961. The Morgan fingerprint density at radius 3 is 2.45 bits per heavy atom. The molecule has 3 aromatic rings. The molecule has 0 radical (unpaired) electrons. The lowest BCUT2D eigenvalue weighted by molar-refractivity contribution is -0.118. The average Bonchev–Trinajstić information content (AvgIpc) is 3.10. The molecule has 33 heavy (non-hydrogen) atoms. The first-order valence-electron chi connectivity index (χ1n) is 10.6. The van der Waals surface area contributed by atoms with Crippen molar-refractivity contribution >= 4 is 29.0 Å². The standard InChI is InChI=1S/C27H24ClNO4/c1-17-12-14-19(16-21(17)28)29-25(20-10-6-7-11-23(20)33-2)24(26(31)27(29)32)22(30)15-13-18-8-4-3-5-9-18/h3-12,14,16,25,31H,13,15H2,1-2H3. The Morgan fingerprint density at radius 2 is 1.76 bits per heavy atom. The quantitative estimate of drug-likeness (QED) is 0.485. The van der Waals surface area contributed by atoms with E-state index in [0.717, 1.165) is 11.1 Å². The Hall–Kier alpha value is -3.57. The van der Waals surface area contributed by atoms with Crippen LogP contribution in [0.1, 0.15) is 29.2 Å². The fourth-order valence-corrected chi connectivity index (χ4v) is 4.29. The summed E-state index contributed by atoms with van der Waals surface area (Å²) in [4.78, 5) is 28.1. The number of Topliss-reactive ketones (excluding diaryl/α,β-unsaturated/α-hetero) is 1. The molecule has 0 spiro atoms. The summed E-state index contributed by atoms with van der Waals surface area (Å²) in [7, 11) is 1.53. The van der Waals surface area contributed by atoms with Gasteiger partial charge in [0.25, 0.3) is 5.91 Å². The summed E-state index contributed by atoms with van der Waals surface area (Å²) in [6.07, 6.45) is 0.657. The van der Waals surface area contributed by atoms with Crippen LogP contribution in [0.5, 0.6) is 5.75 Å². The largest absolute Gasteiger partial charge is 0.503 e. The number of rotatable bonds is 7. The number of carbonyl (C=O) groups is 2. The van der Waals surface area contributed by atoms with Gasteiger partial charge in [-0.1, -0.05) is 66.2 Å². The summed E-state index contributed by atoms with van der Waals surface area (Å²) < 4.78 is 5.53. The fraction of sp³-hybridized carbons (Fsp3) is 0.185. The number of para-hydroxylation sites is 1. The van der Waals surface area contributed by atoms with Gasteiger partial charge in [0.05, 0.1) is 18.7 Å². The number of amides is 1. The van der Waals surface area contributed by atoms with E-state index in [0.29, 0.717) is 28.4 Å². The molecule has 3 aromatic carbocycles. The van der Waals surface area contributed by atoms with E-state index in [1.165, 1.54) is 12.0 Å². The minimum Gasteiger partial charge on any atom is -0.503 e. The van der Waals surface area contributed by atoms with Gasteiger partial charge >= 0.3 is 0 Å². The molecule has 1 atom stereocenters. The maximum atomic E-state index is 13.4. The summed E-state index contributed by atoms with van der Waals surface area (Å²) in [5.41, 5.74) is 3.03. The normalized spacial score (nSPS) is 15.8. The number of aliphatic hydroxyl groups excluding tert-OH is 1. The van der Waals surface area contributed by atoms with E-state index in [1.54, 1.807) is 30.3 Å². The van der Waals surface area contributed by atoms with E-state index in [9.17, 15) is 14.7 Å². The van der Waals surface area contributed by atoms with Crippen LogP contribution in [0.4, 0.5) is 5.69 Å². The lowest BCUT2D eigenvalue weighted by Gasteiger charge is -2.28. The topological polar surface area (TPSA) is 66.8 Å². The molecule has 5 nitrogen and oxygen atoms in total. The molecule has 0 aromatic heterocycles. The Kier molecular flexibility index (Phi) is 6.52. The van der Waals surface area contributed by atoms with E-state index in [2.05, 4.69) is 0 Å². The molecule has 1 aliphatic rings. The van der Waals surface area contributed by atoms with Crippen LogP contribution in [0.15, 0.2) is 84.1 Å². The van der Waals surface area contributed by atoms with Gasteiger partial charge in [0.2, 0.25) is 0 Å². The predicted molar refractivity (Wildman–Crippen MR) is 129 cm³/mol. The maximum Gasteiger partial charge on any atom is 0.294 e. The molecule has 0 saturated carbocycles. The molecule has 1 unspecified atom stereocenters. The highest BCUT2D eigenvalue weighted by Crippen LogP contribution is 2.44. The van der Waals surface area contributed by atoms with E-state index in [1.807, 2.05) is 49.4 Å². The van der Waals surface area contributed by atoms with E-state index < -0.39 is 17.7 Å². The van der Waals surface area contributed by atoms with Crippen molar-refractivity contribution in [3.8, 4) is 5.75 Å². The van der Waals surface area contributed by atoms with Crippen LogP contribution in [-0.4, -0.2) is 23.9 Å². The minimum absolute atomic E-state index is 0.0668. The van der Waals surface area contributed by atoms with Crippen LogP contribution < -0.4 is 9.64 Å². The molecular weight excluding hydrogens is 438 g/mol. The zero-order chi connectivity index (χ0) is 23.5. The first-order chi connectivity index (χ1) is 15.9. The molecule has 6 heteroatoms. The number of carbonyl (C=O) groups excluding carboxylic acids is 2. The van der Waals surface area contributed by atoms with Crippen molar-refractivity contribution in [2.45, 2.75) is 25.8 Å². The van der Waals surface area contributed by atoms with Crippen molar-refractivity contribution in [3.05, 3.63) is 106 Å². The summed E-state index contributed by atoms with van der Waals surface area (Å²) >= 11 is 6.34. The molecule has 0 saturated heterocycles. The number of benzene rings is 3. The molecule has 1 amide bonds. The molecule has 1 aliphatic heterocycles. The number of halogens is 1. The number of nitrogens with zero attached hydrogens (tertiary/aromatic N) is 1. The second kappa shape index (κ2) is 9.51. The highest BCUT2D eigenvalue weighted by Gasteiger charge is 2.45. The van der Waals surface area contributed by atoms with E-state index in [-0.39, 0.29) is 17.8 Å². The van der Waals surface area contributed by atoms with Gasteiger partial charge in [-0.25, -0.2) is 0 Å². The number of aryl methyl sites for hydroxylation is 2. The maximum absolute atomic E-state index is 13.4. The molecular formula is C27H24ClNO4. The minimum atomic E-state index is -0.837.